The number of halogens is 1. The molecule has 2 aliphatic rings. The molecule has 0 fully saturated rings. The number of ether oxygens (including phenoxy) is 2. The van der Waals surface area contributed by atoms with Gasteiger partial charge in [-0.1, -0.05) is 140 Å². The van der Waals surface area contributed by atoms with E-state index in [1.54, 1.807) is 0 Å². The van der Waals surface area contributed by atoms with Gasteiger partial charge in [0.05, 0.1) is 23.8 Å². The molecule has 0 amide bonds. The second-order valence-corrected chi connectivity index (χ2v) is 13.1. The van der Waals surface area contributed by atoms with Gasteiger partial charge >= 0.3 is 11.5 Å². The molecule has 0 bridgehead atoms. The zero-order chi connectivity index (χ0) is 38.0. The van der Waals surface area contributed by atoms with Crippen molar-refractivity contribution in [1.29, 1.82) is 0 Å². The highest BCUT2D eigenvalue weighted by Crippen LogP contribution is 2.35. The molecule has 0 N–H and O–H groups in total. The van der Waals surface area contributed by atoms with Gasteiger partial charge in [-0.3, -0.25) is 0 Å². The first-order valence-electron chi connectivity index (χ1n) is 17.3. The Hall–Kier alpha value is -6.58. The summed E-state index contributed by atoms with van der Waals surface area (Å²) >= 11 is 0. The maximum atomic E-state index is 8.49. The minimum atomic E-state index is -4.94. The summed E-state index contributed by atoms with van der Waals surface area (Å²) in [6, 6.07) is 55.1. The van der Waals surface area contributed by atoms with Gasteiger partial charge in [0.1, 0.15) is 23.0 Å². The molecule has 0 aliphatic carbocycles. The third-order valence-electron chi connectivity index (χ3n) is 8.40. The fraction of sp³-hybridized carbons (Fsp3) is 0. The highest BCUT2D eigenvalue weighted by molar-refractivity contribution is 5.83. The minimum Gasteiger partial charge on any atom is -0.456 e. The van der Waals surface area contributed by atoms with Gasteiger partial charge in [0, 0.05) is 22.3 Å². The molecule has 8 heteroatoms. The van der Waals surface area contributed by atoms with Crippen LogP contribution in [-0.4, -0.2) is 0 Å². The molecule has 1 aromatic heterocycles. The van der Waals surface area contributed by atoms with Crippen molar-refractivity contribution in [3.8, 4) is 11.3 Å². The van der Waals surface area contributed by atoms with Crippen molar-refractivity contribution in [3.05, 3.63) is 233 Å². The molecule has 6 aromatic rings. The first-order chi connectivity index (χ1) is 26.7. The summed E-state index contributed by atoms with van der Waals surface area (Å²) in [6.07, 6.45) is 12.6. The Balaban J connectivity index is 0.000000875. The van der Waals surface area contributed by atoms with Crippen LogP contribution in [-0.2, 0) is 9.47 Å². The Kier molecular flexibility index (Phi) is 11.4. The number of rotatable bonds is 7. The van der Waals surface area contributed by atoms with E-state index >= 15 is 0 Å². The lowest BCUT2D eigenvalue weighted by Gasteiger charge is -2.19. The maximum Gasteiger partial charge on any atom is 0.361 e. The van der Waals surface area contributed by atoms with E-state index in [0.29, 0.717) is 5.76 Å². The molecule has 7 nitrogen and oxygen atoms in total. The maximum absolute atomic E-state index is 8.49. The molecular formula is C47H33ClO7. The van der Waals surface area contributed by atoms with Gasteiger partial charge in [-0.15, -0.1) is 10.2 Å². The quantitative estimate of drug-likeness (QED) is 0.156. The van der Waals surface area contributed by atoms with Gasteiger partial charge in [0.15, 0.2) is 0 Å². The molecule has 0 atom stereocenters. The topological polar surface area (TPSA) is 122 Å². The molecule has 3 heterocycles. The number of hydrogen-bond acceptors (Lipinski definition) is 6. The Morgan fingerprint density at radius 1 is 0.400 bits per heavy atom. The summed E-state index contributed by atoms with van der Waals surface area (Å²) in [5.74, 6) is 4.63. The second kappa shape index (κ2) is 17.0. The average Bonchev–Trinajstić information content (AvgIpc) is 3.21. The molecule has 5 aromatic carbocycles. The molecule has 0 unspecified atom stereocenters. The number of allylic oxidation sites excluding steroid dienone is 6. The minimum absolute atomic E-state index is 0.717. The average molecular weight is 745 g/mol. The van der Waals surface area contributed by atoms with E-state index in [2.05, 4.69) is 109 Å². The lowest BCUT2D eigenvalue weighted by molar-refractivity contribution is -2.00. The smallest absolute Gasteiger partial charge is 0.361 e. The zero-order valence-electron chi connectivity index (χ0n) is 29.3. The Labute approximate surface area is 321 Å². The van der Waals surface area contributed by atoms with Crippen molar-refractivity contribution >= 4 is 35.2 Å². The van der Waals surface area contributed by atoms with Crippen LogP contribution < -0.4 is 18.6 Å². The molecule has 0 spiro atoms. The lowest BCUT2D eigenvalue weighted by atomic mass is 10.0. The van der Waals surface area contributed by atoms with Crippen molar-refractivity contribution in [2.75, 3.05) is 0 Å². The van der Waals surface area contributed by atoms with Crippen LogP contribution in [0, 0.1) is 10.2 Å². The van der Waals surface area contributed by atoms with Crippen molar-refractivity contribution in [2.45, 2.75) is 0 Å². The van der Waals surface area contributed by atoms with Crippen molar-refractivity contribution in [1.82, 2.24) is 0 Å². The molecule has 0 radical (unpaired) electrons. The van der Waals surface area contributed by atoms with Crippen LogP contribution >= 0.6 is 0 Å². The fourth-order valence-corrected chi connectivity index (χ4v) is 5.99. The Morgan fingerprint density at radius 3 is 1.05 bits per heavy atom. The van der Waals surface area contributed by atoms with E-state index in [-0.39, 0.29) is 0 Å². The SMILES string of the molecule is C(=C1C=C(c2ccccc2)OC(c2ccccc2)=C1)c1cc(C=C2C=C(c3ccccc3)OC(c3ccccc3)=C2)[o+]c(-c2ccccc2)c1.[O-][Cl+3]([O-])([O-])[O-]. The van der Waals surface area contributed by atoms with Crippen LogP contribution in [0.4, 0.5) is 0 Å². The molecule has 0 saturated carbocycles. The Morgan fingerprint density at radius 2 is 0.709 bits per heavy atom. The second-order valence-electron chi connectivity index (χ2n) is 12.4. The Bertz CT molecular complexity index is 2160. The third-order valence-corrected chi connectivity index (χ3v) is 8.40. The van der Waals surface area contributed by atoms with Crippen molar-refractivity contribution < 1.29 is 42.8 Å². The predicted molar refractivity (Wildman–Crippen MR) is 204 cm³/mol. The molecule has 2 aliphatic heterocycles. The van der Waals surface area contributed by atoms with Gasteiger partial charge in [-0.2, -0.15) is 0 Å². The summed E-state index contributed by atoms with van der Waals surface area (Å²) in [5, 5.41) is 0. The van der Waals surface area contributed by atoms with Crippen LogP contribution in [0.2, 0.25) is 0 Å². The van der Waals surface area contributed by atoms with E-state index < -0.39 is 10.2 Å². The van der Waals surface area contributed by atoms with Gasteiger partial charge in [-0.25, -0.2) is 23.1 Å². The van der Waals surface area contributed by atoms with Crippen LogP contribution in [0.5, 0.6) is 0 Å². The van der Waals surface area contributed by atoms with Crippen LogP contribution in [0.3, 0.4) is 0 Å². The molecule has 8 rings (SSSR count). The van der Waals surface area contributed by atoms with Crippen LogP contribution in [0.25, 0.3) is 46.5 Å². The van der Waals surface area contributed by atoms with Gasteiger partial charge in [0.25, 0.3) is 0 Å². The highest BCUT2D eigenvalue weighted by Gasteiger charge is 2.21. The molecular weight excluding hydrogens is 712 g/mol. The van der Waals surface area contributed by atoms with E-state index in [1.807, 2.05) is 91.0 Å². The normalized spacial score (nSPS) is 13.7. The van der Waals surface area contributed by atoms with Crippen molar-refractivity contribution in [3.63, 3.8) is 0 Å². The largest absolute Gasteiger partial charge is 0.456 e. The molecule has 0 saturated heterocycles. The zero-order valence-corrected chi connectivity index (χ0v) is 30.0. The van der Waals surface area contributed by atoms with Crippen LogP contribution in [0.1, 0.15) is 33.6 Å². The van der Waals surface area contributed by atoms with Crippen molar-refractivity contribution in [2.24, 2.45) is 0 Å². The van der Waals surface area contributed by atoms with Gasteiger partial charge < -0.3 is 9.47 Å². The summed E-state index contributed by atoms with van der Waals surface area (Å²) < 4.78 is 53.5. The first-order valence-corrected chi connectivity index (χ1v) is 18.5. The van der Waals surface area contributed by atoms with Crippen LogP contribution in [0.15, 0.2) is 204 Å². The summed E-state index contributed by atoms with van der Waals surface area (Å²) in [5.41, 5.74) is 8.00. The summed E-state index contributed by atoms with van der Waals surface area (Å²) in [7, 11) is -4.94. The highest BCUT2D eigenvalue weighted by atomic mass is 35.7. The standard InChI is InChI=1S/C47H33O3.ClHO4/c1-6-16-37(17-7-1)43-29-34(26-35-30-44(38-18-8-2-9-19-38)49-45(31-35)39-20-10-3-11-21-39)27-42(48-43)28-36-32-46(40-22-12-4-13-23-40)50-47(33-36)41-24-14-5-15-25-41;2-1(3,4)5/h1-33H;(H,2,3,4,5)/q+1;/p-1. The van der Waals surface area contributed by atoms with E-state index in [0.717, 1.165) is 73.3 Å². The monoisotopic (exact) mass is 744 g/mol. The van der Waals surface area contributed by atoms with Gasteiger partial charge in [-0.05, 0) is 59.2 Å². The third kappa shape index (κ3) is 10.3. The van der Waals surface area contributed by atoms with Gasteiger partial charge in [0.2, 0.25) is 0 Å². The predicted octanol–water partition coefficient (Wildman–Crippen LogP) is 7.46. The van der Waals surface area contributed by atoms with E-state index in [9.17, 15) is 0 Å². The summed E-state index contributed by atoms with van der Waals surface area (Å²) in [6.45, 7) is 0. The summed E-state index contributed by atoms with van der Waals surface area (Å²) in [4.78, 5) is 0. The lowest BCUT2D eigenvalue weighted by Crippen LogP contribution is -2.68. The van der Waals surface area contributed by atoms with E-state index in [1.165, 1.54) is 0 Å². The first kappa shape index (κ1) is 36.8. The number of hydrogen-bond donors (Lipinski definition) is 0. The van der Waals surface area contributed by atoms with E-state index in [4.69, 9.17) is 32.5 Å². The molecule has 270 valence electrons. The fourth-order valence-electron chi connectivity index (χ4n) is 5.99. The number of benzene rings is 5. The molecule has 55 heavy (non-hydrogen) atoms.